The zero-order valence-electron chi connectivity index (χ0n) is 7.81. The second-order valence-electron chi connectivity index (χ2n) is 3.01. The minimum absolute atomic E-state index is 0.217. The van der Waals surface area contributed by atoms with E-state index in [-0.39, 0.29) is 6.42 Å². The smallest absolute Gasteiger partial charge is 0.326 e. The molecule has 0 aliphatic rings. The first-order valence-corrected chi connectivity index (χ1v) is 4.68. The molecule has 0 fully saturated rings. The Kier molecular flexibility index (Phi) is 4.12. The molecule has 1 rings (SSSR count). The number of rotatable bonds is 5. The molecule has 0 saturated heterocycles. The van der Waals surface area contributed by atoms with E-state index in [1.165, 1.54) is 0 Å². The van der Waals surface area contributed by atoms with Crippen LogP contribution >= 0.6 is 11.6 Å². The number of benzene rings is 1. The average molecular weight is 228 g/mol. The maximum Gasteiger partial charge on any atom is 0.326 e. The molecule has 5 heteroatoms. The highest BCUT2D eigenvalue weighted by Gasteiger charge is 2.16. The van der Waals surface area contributed by atoms with E-state index in [0.717, 1.165) is 5.56 Å². The summed E-state index contributed by atoms with van der Waals surface area (Å²) in [5.41, 5.74) is 0.768. The van der Waals surface area contributed by atoms with Crippen molar-refractivity contribution in [2.75, 3.05) is 0 Å². The van der Waals surface area contributed by atoms with E-state index in [4.69, 9.17) is 16.7 Å². The predicted molar refractivity (Wildman–Crippen MR) is 55.8 cm³/mol. The van der Waals surface area contributed by atoms with Crippen molar-refractivity contribution < 1.29 is 14.7 Å². The highest BCUT2D eigenvalue weighted by atomic mass is 35.5. The quantitative estimate of drug-likeness (QED) is 0.740. The molecule has 0 aliphatic carbocycles. The zero-order valence-corrected chi connectivity index (χ0v) is 8.57. The lowest BCUT2D eigenvalue weighted by Gasteiger charge is -2.10. The van der Waals surface area contributed by atoms with E-state index in [1.807, 2.05) is 0 Å². The van der Waals surface area contributed by atoms with E-state index < -0.39 is 12.0 Å². The number of carbonyl (C=O) groups is 2. The summed E-state index contributed by atoms with van der Waals surface area (Å²) in [7, 11) is 0. The maximum absolute atomic E-state index is 10.7. The number of aliphatic carboxylic acids is 1. The van der Waals surface area contributed by atoms with Crippen LogP contribution in [-0.4, -0.2) is 23.5 Å². The summed E-state index contributed by atoms with van der Waals surface area (Å²) in [4.78, 5) is 20.9. The van der Waals surface area contributed by atoms with Crippen molar-refractivity contribution in [2.24, 2.45) is 0 Å². The Morgan fingerprint density at radius 3 is 2.87 bits per heavy atom. The van der Waals surface area contributed by atoms with Crippen molar-refractivity contribution in [1.82, 2.24) is 5.32 Å². The fourth-order valence-corrected chi connectivity index (χ4v) is 1.41. The molecule has 4 nitrogen and oxygen atoms in total. The second-order valence-corrected chi connectivity index (χ2v) is 3.45. The molecule has 0 saturated carbocycles. The van der Waals surface area contributed by atoms with Gasteiger partial charge < -0.3 is 10.4 Å². The van der Waals surface area contributed by atoms with Crippen LogP contribution in [0.25, 0.3) is 0 Å². The van der Waals surface area contributed by atoms with Gasteiger partial charge in [0.1, 0.15) is 6.04 Å². The van der Waals surface area contributed by atoms with Crippen LogP contribution in [0.1, 0.15) is 5.56 Å². The summed E-state index contributed by atoms with van der Waals surface area (Å²) in [6.07, 6.45) is 0.595. The van der Waals surface area contributed by atoms with Gasteiger partial charge in [-0.15, -0.1) is 0 Å². The third-order valence-electron chi connectivity index (χ3n) is 1.90. The van der Waals surface area contributed by atoms with Gasteiger partial charge in [0.05, 0.1) is 0 Å². The monoisotopic (exact) mass is 227 g/mol. The van der Waals surface area contributed by atoms with Gasteiger partial charge in [0.15, 0.2) is 0 Å². The van der Waals surface area contributed by atoms with Crippen LogP contribution in [0.4, 0.5) is 0 Å². The first-order chi connectivity index (χ1) is 7.13. The molecular weight excluding hydrogens is 218 g/mol. The Morgan fingerprint density at radius 2 is 2.33 bits per heavy atom. The van der Waals surface area contributed by atoms with Crippen LogP contribution in [0.3, 0.4) is 0 Å². The molecule has 1 aromatic rings. The van der Waals surface area contributed by atoms with Gasteiger partial charge in [-0.25, -0.2) is 4.79 Å². The van der Waals surface area contributed by atoms with E-state index in [0.29, 0.717) is 11.4 Å². The SMILES string of the molecule is O=CN[C@H](Cc1cccc(Cl)c1)C(=O)O. The first-order valence-electron chi connectivity index (χ1n) is 4.30. The predicted octanol–water partition coefficient (Wildman–Crippen LogP) is 1.08. The molecular formula is C10H10ClNO3. The molecule has 0 bridgehead atoms. The highest BCUT2D eigenvalue weighted by Crippen LogP contribution is 2.12. The Labute approximate surface area is 91.9 Å². The summed E-state index contributed by atoms with van der Waals surface area (Å²) < 4.78 is 0. The number of carbonyl (C=O) groups excluding carboxylic acids is 1. The third kappa shape index (κ3) is 3.59. The topological polar surface area (TPSA) is 66.4 Å². The van der Waals surface area contributed by atoms with Crippen molar-refractivity contribution in [1.29, 1.82) is 0 Å². The van der Waals surface area contributed by atoms with Gasteiger partial charge in [0.25, 0.3) is 0 Å². The molecule has 1 atom stereocenters. The molecule has 0 aliphatic heterocycles. The van der Waals surface area contributed by atoms with E-state index in [2.05, 4.69) is 5.32 Å². The fraction of sp³-hybridized carbons (Fsp3) is 0.200. The van der Waals surface area contributed by atoms with Gasteiger partial charge in [-0.1, -0.05) is 23.7 Å². The van der Waals surface area contributed by atoms with Gasteiger partial charge in [-0.2, -0.15) is 0 Å². The van der Waals surface area contributed by atoms with Gasteiger partial charge in [-0.3, -0.25) is 4.79 Å². The molecule has 0 spiro atoms. The number of amides is 1. The molecule has 1 amide bonds. The lowest BCUT2D eigenvalue weighted by Crippen LogP contribution is -2.37. The molecule has 0 unspecified atom stereocenters. The van der Waals surface area contributed by atoms with Gasteiger partial charge in [0.2, 0.25) is 6.41 Å². The number of carboxylic acid groups (broad SMARTS) is 1. The first kappa shape index (κ1) is 11.5. The van der Waals surface area contributed by atoms with Crippen molar-refractivity contribution in [3.05, 3.63) is 34.9 Å². The summed E-state index contributed by atoms with van der Waals surface area (Å²) >= 11 is 5.75. The molecule has 15 heavy (non-hydrogen) atoms. The average Bonchev–Trinajstić information content (AvgIpc) is 2.17. The van der Waals surface area contributed by atoms with E-state index >= 15 is 0 Å². The molecule has 80 valence electrons. The maximum atomic E-state index is 10.7. The van der Waals surface area contributed by atoms with Gasteiger partial charge in [-0.05, 0) is 17.7 Å². The van der Waals surface area contributed by atoms with Crippen molar-refractivity contribution >= 4 is 24.0 Å². The molecule has 0 radical (unpaired) electrons. The summed E-state index contributed by atoms with van der Waals surface area (Å²) in [5.74, 6) is -1.07. The number of hydrogen-bond donors (Lipinski definition) is 2. The van der Waals surface area contributed by atoms with Gasteiger partial charge >= 0.3 is 5.97 Å². The summed E-state index contributed by atoms with van der Waals surface area (Å²) in [6.45, 7) is 0. The van der Waals surface area contributed by atoms with Crippen molar-refractivity contribution in [2.45, 2.75) is 12.5 Å². The largest absolute Gasteiger partial charge is 0.480 e. The normalized spacial score (nSPS) is 11.8. The Bertz CT molecular complexity index is 367. The number of nitrogens with one attached hydrogen (secondary N) is 1. The fourth-order valence-electron chi connectivity index (χ4n) is 1.20. The third-order valence-corrected chi connectivity index (χ3v) is 2.13. The van der Waals surface area contributed by atoms with Crippen LogP contribution in [0.15, 0.2) is 24.3 Å². The van der Waals surface area contributed by atoms with E-state index in [1.54, 1.807) is 24.3 Å². The number of halogens is 1. The zero-order chi connectivity index (χ0) is 11.3. The summed E-state index contributed by atoms with van der Waals surface area (Å²) in [5, 5.41) is 11.6. The second kappa shape index (κ2) is 5.36. The van der Waals surface area contributed by atoms with Crippen LogP contribution in [0.5, 0.6) is 0 Å². The number of carboxylic acids is 1. The summed E-state index contributed by atoms with van der Waals surface area (Å²) in [6, 6.07) is 5.95. The Balaban J connectivity index is 2.73. The number of hydrogen-bond acceptors (Lipinski definition) is 2. The van der Waals surface area contributed by atoms with Crippen LogP contribution in [0, 0.1) is 0 Å². The lowest BCUT2D eigenvalue weighted by molar-refractivity contribution is -0.140. The minimum atomic E-state index is -1.07. The van der Waals surface area contributed by atoms with E-state index in [9.17, 15) is 9.59 Å². The van der Waals surface area contributed by atoms with Crippen LogP contribution in [0.2, 0.25) is 5.02 Å². The van der Waals surface area contributed by atoms with Crippen LogP contribution in [-0.2, 0) is 16.0 Å². The highest BCUT2D eigenvalue weighted by molar-refractivity contribution is 6.30. The van der Waals surface area contributed by atoms with Gasteiger partial charge in [0, 0.05) is 11.4 Å². The van der Waals surface area contributed by atoms with Crippen molar-refractivity contribution in [3.8, 4) is 0 Å². The molecule has 0 aromatic heterocycles. The standard InChI is InChI=1S/C10H10ClNO3/c11-8-3-1-2-7(4-8)5-9(10(14)15)12-6-13/h1-4,6,9H,5H2,(H,12,13)(H,14,15)/t9-/m1/s1. The van der Waals surface area contributed by atoms with Crippen LogP contribution < -0.4 is 5.32 Å². The minimum Gasteiger partial charge on any atom is -0.480 e. The molecule has 2 N–H and O–H groups in total. The molecule has 0 heterocycles. The Morgan fingerprint density at radius 1 is 1.60 bits per heavy atom. The molecule has 1 aromatic carbocycles. The lowest BCUT2D eigenvalue weighted by atomic mass is 10.1. The Hall–Kier alpha value is -1.55. The van der Waals surface area contributed by atoms with Crippen molar-refractivity contribution in [3.63, 3.8) is 0 Å².